The number of nitrogens with one attached hydrogen (secondary N) is 1. The fraction of sp³-hybridized carbons (Fsp3) is 0.591. The van der Waals surface area contributed by atoms with Gasteiger partial charge in [-0.1, -0.05) is 30.3 Å². The van der Waals surface area contributed by atoms with E-state index in [-0.39, 0.29) is 24.7 Å². The van der Waals surface area contributed by atoms with Crippen molar-refractivity contribution in [2.75, 3.05) is 13.1 Å². The highest BCUT2D eigenvalue weighted by Gasteiger charge is 2.48. The smallest absolute Gasteiger partial charge is 0.405 e. The molecule has 3 fully saturated rings. The van der Waals surface area contributed by atoms with Crippen LogP contribution in [0.25, 0.3) is 0 Å². The summed E-state index contributed by atoms with van der Waals surface area (Å²) in [7, 11) is 0. The molecule has 0 aromatic heterocycles. The third kappa shape index (κ3) is 4.38. The Bertz CT molecular complexity index is 834. The fourth-order valence-electron chi connectivity index (χ4n) is 5.24. The molecule has 3 heterocycles. The number of nitrogens with zero attached hydrogens (tertiary/aromatic N) is 2. The molecule has 168 valence electrons. The van der Waals surface area contributed by atoms with Crippen LogP contribution in [0.5, 0.6) is 0 Å². The van der Waals surface area contributed by atoms with Gasteiger partial charge in [0.15, 0.2) is 0 Å². The summed E-state index contributed by atoms with van der Waals surface area (Å²) in [4.78, 5) is 41.0. The van der Waals surface area contributed by atoms with E-state index >= 15 is 0 Å². The Kier molecular flexibility index (Phi) is 6.15. The highest BCUT2D eigenvalue weighted by atomic mass is 16.4. The largest absolute Gasteiger partial charge is 0.465 e. The van der Waals surface area contributed by atoms with Crippen molar-refractivity contribution in [3.63, 3.8) is 0 Å². The summed E-state index contributed by atoms with van der Waals surface area (Å²) in [5, 5.41) is 31.7. The van der Waals surface area contributed by atoms with E-state index in [1.807, 2.05) is 18.2 Å². The van der Waals surface area contributed by atoms with Crippen LogP contribution in [0.4, 0.5) is 4.79 Å². The normalized spacial score (nSPS) is 33.5. The molecule has 6 atom stereocenters. The number of amides is 3. The van der Waals surface area contributed by atoms with Gasteiger partial charge < -0.3 is 30.4 Å². The van der Waals surface area contributed by atoms with Gasteiger partial charge in [0, 0.05) is 31.5 Å². The Labute approximate surface area is 180 Å². The van der Waals surface area contributed by atoms with Crippen LogP contribution >= 0.6 is 0 Å². The van der Waals surface area contributed by atoms with Crippen LogP contribution in [-0.4, -0.2) is 86.4 Å². The molecule has 3 aliphatic rings. The predicted molar refractivity (Wildman–Crippen MR) is 110 cm³/mol. The molecule has 3 amide bonds. The van der Waals surface area contributed by atoms with Gasteiger partial charge in [-0.15, -0.1) is 0 Å². The quantitative estimate of drug-likeness (QED) is 0.552. The molecule has 0 bridgehead atoms. The minimum Gasteiger partial charge on any atom is -0.465 e. The van der Waals surface area contributed by atoms with Gasteiger partial charge in [0.05, 0.1) is 12.2 Å². The van der Waals surface area contributed by atoms with E-state index in [1.54, 1.807) is 4.90 Å². The number of aliphatic hydroxyl groups is 2. The molecule has 1 unspecified atom stereocenters. The third-order valence-corrected chi connectivity index (χ3v) is 6.84. The van der Waals surface area contributed by atoms with Crippen molar-refractivity contribution in [2.24, 2.45) is 0 Å². The summed E-state index contributed by atoms with van der Waals surface area (Å²) in [5.74, 6) is -0.379. The minimum atomic E-state index is -1.38. The second-order valence-corrected chi connectivity index (χ2v) is 8.78. The lowest BCUT2D eigenvalue weighted by Gasteiger charge is -2.38. The number of hydrogen-bond acceptors (Lipinski definition) is 5. The molecule has 4 N–H and O–H groups in total. The number of carboxylic acid groups (broad SMARTS) is 1. The molecular formula is C22H29N3O6. The Morgan fingerprint density at radius 2 is 1.71 bits per heavy atom. The van der Waals surface area contributed by atoms with E-state index in [2.05, 4.69) is 17.4 Å². The number of aliphatic hydroxyl groups excluding tert-OH is 2. The number of likely N-dealkylation sites (tertiary alicyclic amines) is 1. The highest BCUT2D eigenvalue weighted by Crippen LogP contribution is 2.34. The van der Waals surface area contributed by atoms with Crippen LogP contribution in [0.1, 0.15) is 43.6 Å². The number of benzene rings is 1. The molecule has 0 saturated carbocycles. The number of carbonyl (C=O) groups is 3. The molecule has 9 heteroatoms. The van der Waals surface area contributed by atoms with Crippen molar-refractivity contribution >= 4 is 17.9 Å². The number of fused-ring (bicyclic) bond motifs is 1. The first-order valence-corrected chi connectivity index (χ1v) is 10.9. The van der Waals surface area contributed by atoms with Crippen molar-refractivity contribution in [3.05, 3.63) is 35.9 Å². The first-order valence-electron chi connectivity index (χ1n) is 10.9. The molecule has 3 aliphatic heterocycles. The van der Waals surface area contributed by atoms with Crippen molar-refractivity contribution in [3.8, 4) is 0 Å². The van der Waals surface area contributed by atoms with Crippen molar-refractivity contribution in [2.45, 2.75) is 68.4 Å². The topological polar surface area (TPSA) is 130 Å². The lowest BCUT2D eigenvalue weighted by atomic mass is 9.94. The number of carbonyl (C=O) groups excluding carboxylic acids is 2. The average molecular weight is 431 g/mol. The zero-order valence-corrected chi connectivity index (χ0v) is 17.3. The first kappa shape index (κ1) is 21.6. The van der Waals surface area contributed by atoms with Gasteiger partial charge in [-0.3, -0.25) is 9.59 Å². The Balaban J connectivity index is 1.51. The maximum absolute atomic E-state index is 13.4. The van der Waals surface area contributed by atoms with Gasteiger partial charge in [0.2, 0.25) is 11.8 Å². The van der Waals surface area contributed by atoms with Crippen molar-refractivity contribution < 1.29 is 29.7 Å². The number of rotatable bonds is 3. The third-order valence-electron chi connectivity index (χ3n) is 6.84. The molecule has 4 rings (SSSR count). The molecule has 0 spiro atoms. The summed E-state index contributed by atoms with van der Waals surface area (Å²) >= 11 is 0. The minimum absolute atomic E-state index is 0.126. The van der Waals surface area contributed by atoms with Crippen LogP contribution in [0.15, 0.2) is 30.3 Å². The lowest BCUT2D eigenvalue weighted by molar-refractivity contribution is -0.149. The van der Waals surface area contributed by atoms with E-state index in [1.165, 1.54) is 10.5 Å². The first-order chi connectivity index (χ1) is 14.8. The molecule has 3 saturated heterocycles. The highest BCUT2D eigenvalue weighted by molar-refractivity contribution is 5.92. The zero-order chi connectivity index (χ0) is 22.1. The molecule has 0 radical (unpaired) electrons. The van der Waals surface area contributed by atoms with Crippen LogP contribution in [0.2, 0.25) is 0 Å². The van der Waals surface area contributed by atoms with Gasteiger partial charge in [-0.2, -0.15) is 0 Å². The van der Waals surface area contributed by atoms with Gasteiger partial charge in [0.25, 0.3) is 0 Å². The summed E-state index contributed by atoms with van der Waals surface area (Å²) < 4.78 is 0. The van der Waals surface area contributed by atoms with E-state index < -0.39 is 42.3 Å². The second kappa shape index (κ2) is 8.84. The summed E-state index contributed by atoms with van der Waals surface area (Å²) in [6.45, 7) is 1.20. The van der Waals surface area contributed by atoms with E-state index in [9.17, 15) is 24.6 Å². The summed E-state index contributed by atoms with van der Waals surface area (Å²) in [6.07, 6.45) is -1.88. The van der Waals surface area contributed by atoms with Gasteiger partial charge in [-0.25, -0.2) is 4.79 Å². The standard InChI is InChI=1S/C22H29N3O6/c26-18-10-15-6-7-17(25(15)20(28)16(11-19(18)27)23-22(30)31)21(29)24-9-8-14(12-24)13-4-2-1-3-5-13/h1-5,14-19,23,26-27H,6-12H2,(H,30,31)/t14?,15-,16+,17+,18+,19+/m0/s1. The van der Waals surface area contributed by atoms with Crippen LogP contribution in [0.3, 0.4) is 0 Å². The molecule has 9 nitrogen and oxygen atoms in total. The maximum atomic E-state index is 13.4. The van der Waals surface area contributed by atoms with Crippen LogP contribution < -0.4 is 5.32 Å². The summed E-state index contributed by atoms with van der Waals surface area (Å²) in [5.41, 5.74) is 1.19. The van der Waals surface area contributed by atoms with Gasteiger partial charge >= 0.3 is 6.09 Å². The monoisotopic (exact) mass is 431 g/mol. The van der Waals surface area contributed by atoms with E-state index in [0.29, 0.717) is 25.9 Å². The maximum Gasteiger partial charge on any atom is 0.405 e. The van der Waals surface area contributed by atoms with Crippen LogP contribution in [0, 0.1) is 0 Å². The Hall–Kier alpha value is -2.65. The molecule has 31 heavy (non-hydrogen) atoms. The Morgan fingerprint density at radius 1 is 1.00 bits per heavy atom. The fourth-order valence-corrected chi connectivity index (χ4v) is 5.24. The average Bonchev–Trinajstić information content (AvgIpc) is 3.39. The molecule has 0 aliphatic carbocycles. The SMILES string of the molecule is O=C(O)N[C@@H]1C[C@@H](O)[C@H](O)C[C@@H]2CC[C@H](C(=O)N3CCC(c4ccccc4)C3)N2C1=O. The summed E-state index contributed by atoms with van der Waals surface area (Å²) in [6, 6.07) is 7.76. The predicted octanol–water partition coefficient (Wildman–Crippen LogP) is 0.514. The zero-order valence-electron chi connectivity index (χ0n) is 17.3. The van der Waals surface area contributed by atoms with Crippen LogP contribution in [-0.2, 0) is 9.59 Å². The number of hydrogen-bond donors (Lipinski definition) is 4. The van der Waals surface area contributed by atoms with Crippen molar-refractivity contribution in [1.82, 2.24) is 15.1 Å². The van der Waals surface area contributed by atoms with E-state index in [4.69, 9.17) is 5.11 Å². The van der Waals surface area contributed by atoms with Gasteiger partial charge in [-0.05, 0) is 31.2 Å². The molecule has 1 aromatic rings. The lowest BCUT2D eigenvalue weighted by Crippen LogP contribution is -2.59. The Morgan fingerprint density at radius 3 is 2.42 bits per heavy atom. The van der Waals surface area contributed by atoms with E-state index in [0.717, 1.165) is 6.42 Å². The molecular weight excluding hydrogens is 402 g/mol. The second-order valence-electron chi connectivity index (χ2n) is 8.78. The molecule has 1 aromatic carbocycles. The van der Waals surface area contributed by atoms with Gasteiger partial charge in [0.1, 0.15) is 12.1 Å². The van der Waals surface area contributed by atoms with Crippen molar-refractivity contribution in [1.29, 1.82) is 0 Å².